The molecule has 0 aromatic heterocycles. The van der Waals surface area contributed by atoms with Gasteiger partial charge in [-0.1, -0.05) is 46.3 Å². The largest absolute Gasteiger partial charge is 0.457 e. The first-order valence-corrected chi connectivity index (χ1v) is 9.40. The zero-order valence-corrected chi connectivity index (χ0v) is 16.5. The van der Waals surface area contributed by atoms with Crippen LogP contribution in [0.2, 0.25) is 0 Å². The molecule has 2 aliphatic heterocycles. The van der Waals surface area contributed by atoms with Crippen LogP contribution in [0.4, 0.5) is 4.79 Å². The van der Waals surface area contributed by atoms with Crippen molar-refractivity contribution in [2.45, 2.75) is 19.6 Å². The Hall–Kier alpha value is -3.00. The Balaban J connectivity index is 1.64. The molecule has 2 N–H and O–H groups in total. The first kappa shape index (κ1) is 18.4. The highest BCUT2D eigenvalue weighted by Gasteiger charge is 2.34. The van der Waals surface area contributed by atoms with Crippen LogP contribution in [-0.4, -0.2) is 18.8 Å². The smallest absolute Gasteiger partial charge is 0.338 e. The molecule has 0 unspecified atom stereocenters. The molecule has 2 aromatic carbocycles. The second-order valence-corrected chi connectivity index (χ2v) is 7.21. The minimum atomic E-state index is -0.694. The second-order valence-electron chi connectivity index (χ2n) is 6.36. The molecule has 28 heavy (non-hydrogen) atoms. The maximum atomic E-state index is 12.9. The van der Waals surface area contributed by atoms with Gasteiger partial charge in [0.1, 0.15) is 6.61 Å². The summed E-state index contributed by atoms with van der Waals surface area (Å²) >= 11 is 3.50. The maximum Gasteiger partial charge on any atom is 0.338 e. The molecule has 0 fully saturated rings. The molecule has 0 spiro atoms. The molecule has 0 saturated carbocycles. The molecule has 144 valence electrons. The number of nitrogens with one attached hydrogen (secondary N) is 2. The fraction of sp³-hybridized carbons (Fsp3) is 0.200. The Morgan fingerprint density at radius 1 is 1.21 bits per heavy atom. The molecule has 0 bridgehead atoms. The van der Waals surface area contributed by atoms with Crippen molar-refractivity contribution in [3.63, 3.8) is 0 Å². The molecule has 2 aliphatic rings. The average molecular weight is 445 g/mol. The van der Waals surface area contributed by atoms with Crippen LogP contribution in [0, 0.1) is 0 Å². The van der Waals surface area contributed by atoms with Gasteiger partial charge < -0.3 is 24.8 Å². The molecule has 2 heterocycles. The molecule has 0 radical (unpaired) electrons. The lowest BCUT2D eigenvalue weighted by molar-refractivity contribution is -0.140. The number of amides is 2. The summed E-state index contributed by atoms with van der Waals surface area (Å²) in [5.74, 6) is 0.647. The quantitative estimate of drug-likeness (QED) is 0.704. The number of carbonyl (C=O) groups is 2. The van der Waals surface area contributed by atoms with Crippen LogP contribution in [-0.2, 0) is 16.1 Å². The van der Waals surface area contributed by atoms with E-state index in [4.69, 9.17) is 14.2 Å². The number of ether oxygens (including phenoxy) is 3. The monoisotopic (exact) mass is 444 g/mol. The second kappa shape index (κ2) is 7.55. The van der Waals surface area contributed by atoms with Gasteiger partial charge >= 0.3 is 12.0 Å². The highest BCUT2D eigenvalue weighted by Crippen LogP contribution is 2.41. The van der Waals surface area contributed by atoms with Gasteiger partial charge in [0.05, 0.1) is 11.6 Å². The molecule has 2 aromatic rings. The lowest BCUT2D eigenvalue weighted by Gasteiger charge is -2.29. The van der Waals surface area contributed by atoms with Crippen molar-refractivity contribution in [2.75, 3.05) is 6.79 Å². The van der Waals surface area contributed by atoms with Gasteiger partial charge in [0.25, 0.3) is 0 Å². The van der Waals surface area contributed by atoms with Crippen molar-refractivity contribution in [3.8, 4) is 11.5 Å². The highest BCUT2D eigenvalue weighted by atomic mass is 79.9. The zero-order valence-electron chi connectivity index (χ0n) is 15.0. The third kappa shape index (κ3) is 3.55. The number of urea groups is 1. The Morgan fingerprint density at radius 3 is 2.68 bits per heavy atom. The van der Waals surface area contributed by atoms with Gasteiger partial charge in [-0.25, -0.2) is 9.59 Å². The minimum absolute atomic E-state index is 0.130. The Morgan fingerprint density at radius 2 is 1.93 bits per heavy atom. The lowest BCUT2D eigenvalue weighted by atomic mass is 9.95. The van der Waals surface area contributed by atoms with Crippen molar-refractivity contribution in [3.05, 3.63) is 69.3 Å². The summed E-state index contributed by atoms with van der Waals surface area (Å²) in [6.07, 6.45) is 0. The number of esters is 1. The number of halogens is 1. The van der Waals surface area contributed by atoms with Gasteiger partial charge in [-0.05, 0) is 30.2 Å². The fourth-order valence-corrected chi connectivity index (χ4v) is 3.70. The normalized spacial score (nSPS) is 17.8. The van der Waals surface area contributed by atoms with E-state index in [-0.39, 0.29) is 13.4 Å². The first-order valence-electron chi connectivity index (χ1n) is 8.61. The van der Waals surface area contributed by atoms with E-state index in [1.807, 2.05) is 30.3 Å². The summed E-state index contributed by atoms with van der Waals surface area (Å²) in [5.41, 5.74) is 2.32. The van der Waals surface area contributed by atoms with E-state index in [9.17, 15) is 9.59 Å². The summed E-state index contributed by atoms with van der Waals surface area (Å²) in [6, 6.07) is 11.8. The van der Waals surface area contributed by atoms with Crippen LogP contribution in [0.5, 0.6) is 11.5 Å². The lowest BCUT2D eigenvalue weighted by Crippen LogP contribution is -2.45. The standard InChI is InChI=1S/C20H17BrN2O5/c1-11-17(19(24)26-9-12-5-3-2-4-6-12)18(23-20(25)22-11)13-7-15-16(8-14(13)21)28-10-27-15/h2-8,18H,9-10H2,1H3,(H2,22,23,25)/t18-/m0/s1. The molecule has 4 rings (SSSR count). The summed E-state index contributed by atoms with van der Waals surface area (Å²) in [5, 5.41) is 5.43. The van der Waals surface area contributed by atoms with E-state index in [1.165, 1.54) is 0 Å². The van der Waals surface area contributed by atoms with Crippen LogP contribution >= 0.6 is 15.9 Å². The number of carbonyl (C=O) groups excluding carboxylic acids is 2. The number of benzene rings is 2. The molecule has 1 atom stereocenters. The number of rotatable bonds is 4. The Labute approximate surface area is 169 Å². The topological polar surface area (TPSA) is 85.9 Å². The van der Waals surface area contributed by atoms with E-state index in [1.54, 1.807) is 19.1 Å². The van der Waals surface area contributed by atoms with E-state index in [0.29, 0.717) is 32.8 Å². The van der Waals surface area contributed by atoms with E-state index < -0.39 is 18.0 Å². The van der Waals surface area contributed by atoms with Crippen LogP contribution in [0.1, 0.15) is 24.1 Å². The number of hydrogen-bond donors (Lipinski definition) is 2. The van der Waals surface area contributed by atoms with Crippen molar-refractivity contribution < 1.29 is 23.8 Å². The van der Waals surface area contributed by atoms with Crippen LogP contribution in [0.15, 0.2) is 58.2 Å². The number of fused-ring (bicyclic) bond motifs is 1. The van der Waals surface area contributed by atoms with Crippen molar-refractivity contribution in [1.82, 2.24) is 10.6 Å². The summed E-state index contributed by atoms with van der Waals surface area (Å²) in [4.78, 5) is 24.9. The third-order valence-electron chi connectivity index (χ3n) is 4.50. The fourth-order valence-electron chi connectivity index (χ4n) is 3.15. The third-order valence-corrected chi connectivity index (χ3v) is 5.19. The molecule has 7 nitrogen and oxygen atoms in total. The van der Waals surface area contributed by atoms with Crippen molar-refractivity contribution >= 4 is 27.9 Å². The summed E-state index contributed by atoms with van der Waals surface area (Å²) < 4.78 is 17.0. The molecular formula is C20H17BrN2O5. The molecular weight excluding hydrogens is 428 g/mol. The van der Waals surface area contributed by atoms with Crippen LogP contribution in [0.3, 0.4) is 0 Å². The summed E-state index contributed by atoms with van der Waals surface area (Å²) in [7, 11) is 0. The van der Waals surface area contributed by atoms with Gasteiger partial charge in [-0.3, -0.25) is 0 Å². The van der Waals surface area contributed by atoms with Gasteiger partial charge in [0.2, 0.25) is 6.79 Å². The SMILES string of the molecule is CC1=C(C(=O)OCc2ccccc2)[C@H](c2cc3c(cc2Br)OCO3)NC(=O)N1. The minimum Gasteiger partial charge on any atom is -0.457 e. The van der Waals surface area contributed by atoms with E-state index >= 15 is 0 Å². The van der Waals surface area contributed by atoms with Crippen LogP contribution in [0.25, 0.3) is 0 Å². The van der Waals surface area contributed by atoms with Gasteiger partial charge in [0, 0.05) is 10.2 Å². The first-order chi connectivity index (χ1) is 13.5. The predicted molar refractivity (Wildman–Crippen MR) is 104 cm³/mol. The predicted octanol–water partition coefficient (Wildman–Crippen LogP) is 3.55. The number of allylic oxidation sites excluding steroid dienone is 1. The van der Waals surface area contributed by atoms with Crippen LogP contribution < -0.4 is 20.1 Å². The average Bonchev–Trinajstić information content (AvgIpc) is 3.13. The van der Waals surface area contributed by atoms with E-state index in [0.717, 1.165) is 5.56 Å². The van der Waals surface area contributed by atoms with Gasteiger partial charge in [-0.2, -0.15) is 0 Å². The summed E-state index contributed by atoms with van der Waals surface area (Å²) in [6.45, 7) is 1.94. The molecule has 2 amide bonds. The molecule has 0 aliphatic carbocycles. The molecule has 8 heteroatoms. The van der Waals surface area contributed by atoms with Gasteiger partial charge in [0.15, 0.2) is 11.5 Å². The maximum absolute atomic E-state index is 12.9. The zero-order chi connectivity index (χ0) is 19.7. The Bertz CT molecular complexity index is 974. The van der Waals surface area contributed by atoms with Crippen molar-refractivity contribution in [1.29, 1.82) is 0 Å². The molecule has 0 saturated heterocycles. The number of hydrogen-bond acceptors (Lipinski definition) is 5. The van der Waals surface area contributed by atoms with Gasteiger partial charge in [-0.15, -0.1) is 0 Å². The Kier molecular flexibility index (Phi) is 4.95. The van der Waals surface area contributed by atoms with E-state index in [2.05, 4.69) is 26.6 Å². The van der Waals surface area contributed by atoms with Crippen molar-refractivity contribution in [2.24, 2.45) is 0 Å². The highest BCUT2D eigenvalue weighted by molar-refractivity contribution is 9.10.